The zero-order valence-electron chi connectivity index (χ0n) is 19.9. The first-order valence-electron chi connectivity index (χ1n) is 11.7. The Morgan fingerprint density at radius 2 is 1.97 bits per heavy atom. The van der Waals surface area contributed by atoms with Crippen LogP contribution in [0.3, 0.4) is 0 Å². The maximum Gasteiger partial charge on any atom is 0.162 e. The fraction of sp³-hybridized carbons (Fsp3) is 0.480. The number of aliphatic hydroxyl groups excluding tert-OH is 1. The lowest BCUT2D eigenvalue weighted by molar-refractivity contribution is 0.107. The first-order chi connectivity index (χ1) is 16.0. The summed E-state index contributed by atoms with van der Waals surface area (Å²) in [4.78, 5) is 12.3. The number of aryl methyl sites for hydroxylation is 2. The summed E-state index contributed by atoms with van der Waals surface area (Å²) in [5, 5.41) is 17.3. The summed E-state index contributed by atoms with van der Waals surface area (Å²) in [6.07, 6.45) is 1.76. The number of anilines is 1. The van der Waals surface area contributed by atoms with E-state index in [1.807, 2.05) is 45.0 Å². The molecular formula is C25H33N5O3. The molecule has 0 aliphatic carbocycles. The van der Waals surface area contributed by atoms with Crippen LogP contribution in [0, 0.1) is 20.8 Å². The van der Waals surface area contributed by atoms with Gasteiger partial charge >= 0.3 is 0 Å². The molecule has 0 bridgehead atoms. The summed E-state index contributed by atoms with van der Waals surface area (Å²) in [6, 6.07) is 7.72. The molecule has 1 aliphatic heterocycles. The van der Waals surface area contributed by atoms with Crippen LogP contribution >= 0.6 is 0 Å². The van der Waals surface area contributed by atoms with Crippen LogP contribution in [0.2, 0.25) is 0 Å². The maximum absolute atomic E-state index is 10.1. The molecule has 1 fully saturated rings. The van der Waals surface area contributed by atoms with E-state index < -0.39 is 6.10 Å². The van der Waals surface area contributed by atoms with E-state index in [-0.39, 0.29) is 6.61 Å². The number of ether oxygens (including phenoxy) is 1. The van der Waals surface area contributed by atoms with Gasteiger partial charge in [0.25, 0.3) is 0 Å². The van der Waals surface area contributed by atoms with Crippen molar-refractivity contribution in [1.82, 2.24) is 20.4 Å². The molecule has 8 heteroatoms. The first kappa shape index (κ1) is 23.2. The molecule has 1 unspecified atom stereocenters. The maximum atomic E-state index is 10.1. The smallest absolute Gasteiger partial charge is 0.162 e. The lowest BCUT2D eigenvalue weighted by Crippen LogP contribution is -2.31. The van der Waals surface area contributed by atoms with Crippen molar-refractivity contribution in [3.05, 3.63) is 41.3 Å². The molecule has 176 valence electrons. The largest absolute Gasteiger partial charge is 0.491 e. The predicted molar refractivity (Wildman–Crippen MR) is 129 cm³/mol. The van der Waals surface area contributed by atoms with Crippen LogP contribution in [0.1, 0.15) is 36.8 Å². The topological polar surface area (TPSA) is 96.5 Å². The number of nitrogens with zero attached hydrogens (tertiary/aromatic N) is 4. The van der Waals surface area contributed by atoms with E-state index in [9.17, 15) is 5.11 Å². The zero-order chi connectivity index (χ0) is 23.4. The van der Waals surface area contributed by atoms with Gasteiger partial charge < -0.3 is 24.6 Å². The minimum Gasteiger partial charge on any atom is -0.491 e. The van der Waals surface area contributed by atoms with Crippen molar-refractivity contribution in [1.29, 1.82) is 0 Å². The second-order valence-electron chi connectivity index (χ2n) is 8.54. The van der Waals surface area contributed by atoms with Gasteiger partial charge in [-0.3, -0.25) is 0 Å². The van der Waals surface area contributed by atoms with E-state index in [2.05, 4.69) is 22.3 Å². The predicted octanol–water partition coefficient (Wildman–Crippen LogP) is 3.67. The Kier molecular flexibility index (Phi) is 7.25. The average Bonchev–Trinajstić information content (AvgIpc) is 3.47. The van der Waals surface area contributed by atoms with Gasteiger partial charge in [-0.05, 0) is 52.3 Å². The number of hydrogen-bond donors (Lipinski definition) is 2. The van der Waals surface area contributed by atoms with Crippen LogP contribution in [0.5, 0.6) is 5.75 Å². The minimum atomic E-state index is -0.572. The normalized spacial score (nSPS) is 14.6. The van der Waals surface area contributed by atoms with E-state index in [0.29, 0.717) is 18.1 Å². The van der Waals surface area contributed by atoms with Crippen LogP contribution in [0.4, 0.5) is 5.82 Å². The molecule has 3 heterocycles. The van der Waals surface area contributed by atoms with Gasteiger partial charge in [0.05, 0.1) is 17.0 Å². The monoisotopic (exact) mass is 451 g/mol. The Labute approximate surface area is 195 Å². The van der Waals surface area contributed by atoms with Gasteiger partial charge in [-0.1, -0.05) is 24.2 Å². The summed E-state index contributed by atoms with van der Waals surface area (Å²) < 4.78 is 11.3. The van der Waals surface area contributed by atoms with E-state index in [1.54, 1.807) is 0 Å². The van der Waals surface area contributed by atoms with Crippen LogP contribution in [0.15, 0.2) is 28.8 Å². The highest BCUT2D eigenvalue weighted by Gasteiger charge is 2.24. The van der Waals surface area contributed by atoms with E-state index in [0.717, 1.165) is 72.1 Å². The number of benzene rings is 1. The molecule has 1 atom stereocenters. The molecule has 8 nitrogen and oxygen atoms in total. The Balaban J connectivity index is 1.70. The second-order valence-corrected chi connectivity index (χ2v) is 8.54. The lowest BCUT2D eigenvalue weighted by Gasteiger charge is -2.21. The third-order valence-corrected chi connectivity index (χ3v) is 5.96. The average molecular weight is 452 g/mol. The molecule has 3 aromatic rings. The molecule has 1 saturated heterocycles. The summed E-state index contributed by atoms with van der Waals surface area (Å²) >= 11 is 0. The van der Waals surface area contributed by atoms with E-state index >= 15 is 0 Å². The van der Waals surface area contributed by atoms with Crippen LogP contribution in [0.25, 0.3) is 22.6 Å². The Morgan fingerprint density at radius 3 is 2.67 bits per heavy atom. The van der Waals surface area contributed by atoms with Crippen molar-refractivity contribution in [2.45, 2.75) is 46.6 Å². The summed E-state index contributed by atoms with van der Waals surface area (Å²) in [6.45, 7) is 11.4. The van der Waals surface area contributed by atoms with E-state index in [4.69, 9.17) is 19.2 Å². The molecule has 0 radical (unpaired) electrons. The molecule has 0 amide bonds. The van der Waals surface area contributed by atoms with Crippen molar-refractivity contribution in [3.8, 4) is 28.4 Å². The highest BCUT2D eigenvalue weighted by atomic mass is 16.5. The second kappa shape index (κ2) is 10.3. The van der Waals surface area contributed by atoms with Gasteiger partial charge in [-0.15, -0.1) is 0 Å². The van der Waals surface area contributed by atoms with Gasteiger partial charge in [-0.25, -0.2) is 9.97 Å². The standard InChI is InChI=1S/C25H33N5O3/c1-5-26-14-20(31)15-32-21-10-8-9-19(13-21)24-27-23(22-17(3)29-33-18(22)4)16(2)25(28-24)30-11-6-7-12-30/h8-10,13,20,26,31H,5-7,11-12,14-15H2,1-4H3. The van der Waals surface area contributed by atoms with Crippen molar-refractivity contribution in [2.75, 3.05) is 37.7 Å². The minimum absolute atomic E-state index is 0.217. The number of likely N-dealkylation sites (N-methyl/N-ethyl adjacent to an activating group) is 1. The molecule has 33 heavy (non-hydrogen) atoms. The molecule has 4 rings (SSSR count). The van der Waals surface area contributed by atoms with Crippen LogP contribution in [-0.4, -0.2) is 59.1 Å². The Morgan fingerprint density at radius 1 is 1.18 bits per heavy atom. The molecule has 1 aliphatic rings. The fourth-order valence-corrected chi connectivity index (χ4v) is 4.22. The van der Waals surface area contributed by atoms with Gasteiger partial charge in [0.1, 0.15) is 30.0 Å². The van der Waals surface area contributed by atoms with Crippen molar-refractivity contribution in [2.24, 2.45) is 0 Å². The Hall–Kier alpha value is -2.97. The Bertz CT molecular complexity index is 1070. The molecule has 0 spiro atoms. The molecule has 2 N–H and O–H groups in total. The lowest BCUT2D eigenvalue weighted by atomic mass is 10.0. The summed E-state index contributed by atoms with van der Waals surface area (Å²) in [5.41, 5.74) is 4.50. The molecule has 1 aromatic carbocycles. The van der Waals surface area contributed by atoms with Crippen LogP contribution < -0.4 is 15.0 Å². The number of rotatable bonds is 9. The highest BCUT2D eigenvalue weighted by Crippen LogP contribution is 2.35. The third kappa shape index (κ3) is 5.17. The highest BCUT2D eigenvalue weighted by molar-refractivity contribution is 5.75. The molecular weight excluding hydrogens is 418 g/mol. The fourth-order valence-electron chi connectivity index (χ4n) is 4.22. The number of nitrogens with one attached hydrogen (secondary N) is 1. The van der Waals surface area contributed by atoms with E-state index in [1.165, 1.54) is 0 Å². The SMILES string of the molecule is CCNCC(O)COc1cccc(-c2nc(-c3c(C)noc3C)c(C)c(N3CCCC3)n2)c1. The molecule has 2 aromatic heterocycles. The first-order valence-corrected chi connectivity index (χ1v) is 11.7. The third-order valence-electron chi connectivity index (χ3n) is 5.96. The van der Waals surface area contributed by atoms with Gasteiger partial charge in [-0.2, -0.15) is 0 Å². The van der Waals surface area contributed by atoms with Gasteiger partial charge in [0.2, 0.25) is 0 Å². The van der Waals surface area contributed by atoms with Gasteiger partial charge in [0, 0.05) is 30.8 Å². The van der Waals surface area contributed by atoms with Crippen LogP contribution in [-0.2, 0) is 0 Å². The zero-order valence-corrected chi connectivity index (χ0v) is 19.9. The summed E-state index contributed by atoms with van der Waals surface area (Å²) in [7, 11) is 0. The van der Waals surface area contributed by atoms with Crippen molar-refractivity contribution >= 4 is 5.82 Å². The van der Waals surface area contributed by atoms with Crippen molar-refractivity contribution in [3.63, 3.8) is 0 Å². The number of aromatic nitrogens is 3. The molecule has 0 saturated carbocycles. The van der Waals surface area contributed by atoms with Gasteiger partial charge in [0.15, 0.2) is 5.82 Å². The summed E-state index contributed by atoms with van der Waals surface area (Å²) in [5.74, 6) is 3.02. The quantitative estimate of drug-likeness (QED) is 0.509. The van der Waals surface area contributed by atoms with Crippen molar-refractivity contribution < 1.29 is 14.4 Å². The number of hydrogen-bond acceptors (Lipinski definition) is 8. The number of aliphatic hydroxyl groups is 1.